The molecule has 1 N–H and O–H groups in total. The fourth-order valence-electron chi connectivity index (χ4n) is 1.77. The first-order valence-corrected chi connectivity index (χ1v) is 4.66. The van der Waals surface area contributed by atoms with Crippen molar-refractivity contribution in [1.82, 2.24) is 5.32 Å². The van der Waals surface area contributed by atoms with Gasteiger partial charge in [-0.15, -0.1) is 12.4 Å². The monoisotopic (exact) mass is 197 g/mol. The maximum Gasteiger partial charge on any atom is 0.0320 e. The lowest BCUT2D eigenvalue weighted by Gasteiger charge is -2.09. The van der Waals surface area contributed by atoms with E-state index in [0.29, 0.717) is 6.04 Å². The molecule has 1 aliphatic rings. The Bertz CT molecular complexity index is 249. The van der Waals surface area contributed by atoms with Crippen molar-refractivity contribution in [2.24, 2.45) is 0 Å². The number of halogens is 1. The molecule has 1 aromatic carbocycles. The fourth-order valence-corrected chi connectivity index (χ4v) is 1.77. The van der Waals surface area contributed by atoms with Gasteiger partial charge in [-0.05, 0) is 31.9 Å². The SMILES string of the molecule is Cc1ccc(C2CCCN2)cc1.Cl. The molecule has 1 nitrogen and oxygen atoms in total. The number of aryl methyl sites for hydroxylation is 1. The number of hydrogen-bond acceptors (Lipinski definition) is 1. The highest BCUT2D eigenvalue weighted by Crippen LogP contribution is 2.22. The van der Waals surface area contributed by atoms with Crippen molar-refractivity contribution in [2.75, 3.05) is 6.54 Å². The van der Waals surface area contributed by atoms with Gasteiger partial charge in [0.25, 0.3) is 0 Å². The molecule has 1 unspecified atom stereocenters. The lowest BCUT2D eigenvalue weighted by molar-refractivity contribution is 0.647. The Kier molecular flexibility index (Phi) is 3.76. The Morgan fingerprint density at radius 3 is 2.46 bits per heavy atom. The number of nitrogens with one attached hydrogen (secondary N) is 1. The van der Waals surface area contributed by atoms with Crippen LogP contribution >= 0.6 is 12.4 Å². The van der Waals surface area contributed by atoms with Gasteiger partial charge in [0.2, 0.25) is 0 Å². The predicted octanol–water partition coefficient (Wildman–Crippen LogP) is 2.84. The van der Waals surface area contributed by atoms with Gasteiger partial charge in [0, 0.05) is 6.04 Å². The topological polar surface area (TPSA) is 12.0 Å². The molecule has 0 saturated carbocycles. The fraction of sp³-hybridized carbons (Fsp3) is 0.455. The summed E-state index contributed by atoms with van der Waals surface area (Å²) in [5.41, 5.74) is 2.79. The second kappa shape index (κ2) is 4.64. The molecule has 2 heteroatoms. The Labute approximate surface area is 86.0 Å². The zero-order valence-electron chi connectivity index (χ0n) is 7.92. The van der Waals surface area contributed by atoms with E-state index in [0.717, 1.165) is 0 Å². The lowest BCUT2D eigenvalue weighted by atomic mass is 10.0. The summed E-state index contributed by atoms with van der Waals surface area (Å²) in [4.78, 5) is 0. The summed E-state index contributed by atoms with van der Waals surface area (Å²) in [5.74, 6) is 0. The molecule has 1 aromatic rings. The highest BCUT2D eigenvalue weighted by Gasteiger charge is 2.14. The summed E-state index contributed by atoms with van der Waals surface area (Å²) >= 11 is 0. The molecular formula is C11H16ClN. The molecule has 1 aliphatic heterocycles. The van der Waals surface area contributed by atoms with E-state index in [2.05, 4.69) is 36.5 Å². The maximum absolute atomic E-state index is 3.49. The summed E-state index contributed by atoms with van der Waals surface area (Å²) in [5, 5.41) is 3.49. The third-order valence-electron chi connectivity index (χ3n) is 2.54. The van der Waals surface area contributed by atoms with Gasteiger partial charge >= 0.3 is 0 Å². The molecule has 0 radical (unpaired) electrons. The average Bonchev–Trinajstić information content (AvgIpc) is 2.58. The number of hydrogen-bond donors (Lipinski definition) is 1. The molecule has 1 saturated heterocycles. The van der Waals surface area contributed by atoms with Crippen LogP contribution in [0.15, 0.2) is 24.3 Å². The van der Waals surface area contributed by atoms with E-state index < -0.39 is 0 Å². The molecule has 1 atom stereocenters. The van der Waals surface area contributed by atoms with Crippen LogP contribution in [0.4, 0.5) is 0 Å². The molecule has 0 spiro atoms. The Morgan fingerprint density at radius 1 is 1.23 bits per heavy atom. The van der Waals surface area contributed by atoms with E-state index in [1.54, 1.807) is 0 Å². The zero-order valence-corrected chi connectivity index (χ0v) is 8.73. The second-order valence-electron chi connectivity index (χ2n) is 3.56. The third-order valence-corrected chi connectivity index (χ3v) is 2.54. The minimum atomic E-state index is 0. The van der Waals surface area contributed by atoms with Gasteiger partial charge in [0.1, 0.15) is 0 Å². The molecule has 0 aliphatic carbocycles. The molecule has 1 heterocycles. The Hall–Kier alpha value is -0.530. The smallest absolute Gasteiger partial charge is 0.0320 e. The summed E-state index contributed by atoms with van der Waals surface area (Å²) in [6.07, 6.45) is 2.61. The van der Waals surface area contributed by atoms with Gasteiger partial charge < -0.3 is 5.32 Å². The Balaban J connectivity index is 0.000000845. The molecular weight excluding hydrogens is 182 g/mol. The highest BCUT2D eigenvalue weighted by molar-refractivity contribution is 5.85. The summed E-state index contributed by atoms with van der Waals surface area (Å²) in [6, 6.07) is 9.46. The van der Waals surface area contributed by atoms with Crippen LogP contribution in [0, 0.1) is 6.92 Å². The van der Waals surface area contributed by atoms with Crippen molar-refractivity contribution in [2.45, 2.75) is 25.8 Å². The molecule has 72 valence electrons. The molecule has 1 fully saturated rings. The van der Waals surface area contributed by atoms with E-state index in [9.17, 15) is 0 Å². The van der Waals surface area contributed by atoms with Crippen LogP contribution in [0.25, 0.3) is 0 Å². The van der Waals surface area contributed by atoms with Gasteiger partial charge in [-0.3, -0.25) is 0 Å². The minimum Gasteiger partial charge on any atom is -0.310 e. The molecule has 0 amide bonds. The maximum atomic E-state index is 3.49. The lowest BCUT2D eigenvalue weighted by Crippen LogP contribution is -2.12. The van der Waals surface area contributed by atoms with Crippen LogP contribution in [-0.4, -0.2) is 6.54 Å². The third kappa shape index (κ3) is 2.45. The Morgan fingerprint density at radius 2 is 1.92 bits per heavy atom. The van der Waals surface area contributed by atoms with Crippen LogP contribution < -0.4 is 5.32 Å². The zero-order chi connectivity index (χ0) is 8.39. The highest BCUT2D eigenvalue weighted by atomic mass is 35.5. The summed E-state index contributed by atoms with van der Waals surface area (Å²) in [7, 11) is 0. The van der Waals surface area contributed by atoms with Crippen LogP contribution in [0.3, 0.4) is 0 Å². The largest absolute Gasteiger partial charge is 0.310 e. The van der Waals surface area contributed by atoms with Crippen molar-refractivity contribution in [3.63, 3.8) is 0 Å². The van der Waals surface area contributed by atoms with Gasteiger partial charge in [0.15, 0.2) is 0 Å². The predicted molar refractivity (Wildman–Crippen MR) is 58.4 cm³/mol. The average molecular weight is 198 g/mol. The van der Waals surface area contributed by atoms with E-state index in [1.165, 1.54) is 30.5 Å². The normalized spacial score (nSPS) is 21.2. The van der Waals surface area contributed by atoms with Crippen molar-refractivity contribution in [1.29, 1.82) is 0 Å². The second-order valence-corrected chi connectivity index (χ2v) is 3.56. The van der Waals surface area contributed by atoms with Crippen molar-refractivity contribution < 1.29 is 0 Å². The number of rotatable bonds is 1. The standard InChI is InChI=1S/C11H15N.ClH/c1-9-4-6-10(7-5-9)11-3-2-8-12-11;/h4-7,11-12H,2-3,8H2,1H3;1H. The van der Waals surface area contributed by atoms with Crippen LogP contribution in [-0.2, 0) is 0 Å². The van der Waals surface area contributed by atoms with Crippen molar-refractivity contribution in [3.05, 3.63) is 35.4 Å². The quantitative estimate of drug-likeness (QED) is 0.730. The van der Waals surface area contributed by atoms with E-state index in [4.69, 9.17) is 0 Å². The molecule has 0 aromatic heterocycles. The summed E-state index contributed by atoms with van der Waals surface area (Å²) in [6.45, 7) is 3.31. The van der Waals surface area contributed by atoms with Gasteiger partial charge in [-0.1, -0.05) is 29.8 Å². The number of benzene rings is 1. The van der Waals surface area contributed by atoms with Crippen molar-refractivity contribution >= 4 is 12.4 Å². The molecule has 13 heavy (non-hydrogen) atoms. The van der Waals surface area contributed by atoms with E-state index >= 15 is 0 Å². The van der Waals surface area contributed by atoms with Crippen LogP contribution in [0.5, 0.6) is 0 Å². The van der Waals surface area contributed by atoms with E-state index in [1.807, 2.05) is 0 Å². The summed E-state index contributed by atoms with van der Waals surface area (Å²) < 4.78 is 0. The molecule has 0 bridgehead atoms. The van der Waals surface area contributed by atoms with Gasteiger partial charge in [0.05, 0.1) is 0 Å². The first-order valence-electron chi connectivity index (χ1n) is 4.66. The molecule has 2 rings (SSSR count). The van der Waals surface area contributed by atoms with E-state index in [-0.39, 0.29) is 12.4 Å². The van der Waals surface area contributed by atoms with Crippen LogP contribution in [0.2, 0.25) is 0 Å². The minimum absolute atomic E-state index is 0. The first kappa shape index (κ1) is 10.6. The first-order chi connectivity index (χ1) is 5.86. The van der Waals surface area contributed by atoms with Gasteiger partial charge in [-0.25, -0.2) is 0 Å². The van der Waals surface area contributed by atoms with Crippen LogP contribution in [0.1, 0.15) is 30.0 Å². The van der Waals surface area contributed by atoms with Crippen molar-refractivity contribution in [3.8, 4) is 0 Å². The van der Waals surface area contributed by atoms with Gasteiger partial charge in [-0.2, -0.15) is 0 Å².